The van der Waals surface area contributed by atoms with Crippen LogP contribution in [0.1, 0.15) is 48.4 Å². The molecule has 1 aromatic rings. The van der Waals surface area contributed by atoms with Crippen molar-refractivity contribution in [3.63, 3.8) is 0 Å². The van der Waals surface area contributed by atoms with E-state index in [1.54, 1.807) is 57.4 Å². The van der Waals surface area contributed by atoms with Crippen LogP contribution in [0.2, 0.25) is 0 Å². The molecular weight excluding hydrogens is 380 g/mol. The van der Waals surface area contributed by atoms with Crippen molar-refractivity contribution in [2.45, 2.75) is 50.8 Å². The van der Waals surface area contributed by atoms with Crippen molar-refractivity contribution >= 4 is 35.5 Å². The molecule has 3 amide bonds. The Hall–Kier alpha value is -2.61. The van der Waals surface area contributed by atoms with E-state index in [4.69, 9.17) is 4.74 Å². The smallest absolute Gasteiger partial charge is 0.333 e. The number of benzene rings is 1. The number of carbonyl (C=O) groups excluding carboxylic acids is 4. The van der Waals surface area contributed by atoms with Gasteiger partial charge >= 0.3 is 5.97 Å². The van der Waals surface area contributed by atoms with E-state index in [0.29, 0.717) is 16.7 Å². The largest absolute Gasteiger partial charge is 0.458 e. The van der Waals surface area contributed by atoms with Gasteiger partial charge in [0.2, 0.25) is 0 Å². The lowest BCUT2D eigenvalue weighted by Crippen LogP contribution is -2.74. The molecule has 0 spiro atoms. The van der Waals surface area contributed by atoms with Crippen LogP contribution in [0.5, 0.6) is 0 Å². The van der Waals surface area contributed by atoms with Crippen LogP contribution in [0, 0.1) is 0 Å². The maximum Gasteiger partial charge on any atom is 0.333 e. The zero-order chi connectivity index (χ0) is 20.4. The van der Waals surface area contributed by atoms with Gasteiger partial charge in [-0.3, -0.25) is 19.3 Å². The molecule has 7 nitrogen and oxygen atoms in total. The van der Waals surface area contributed by atoms with Crippen molar-refractivity contribution in [2.75, 3.05) is 0 Å². The van der Waals surface area contributed by atoms with Gasteiger partial charge in [0.05, 0.1) is 11.1 Å². The third-order valence-corrected chi connectivity index (χ3v) is 6.16. The fourth-order valence-corrected chi connectivity index (χ4v) is 4.93. The summed E-state index contributed by atoms with van der Waals surface area (Å²) in [6.45, 7) is 7.05. The van der Waals surface area contributed by atoms with E-state index in [1.165, 1.54) is 16.7 Å². The van der Waals surface area contributed by atoms with Gasteiger partial charge in [0.25, 0.3) is 17.7 Å². The maximum absolute atomic E-state index is 13.0. The van der Waals surface area contributed by atoms with Crippen molar-refractivity contribution in [2.24, 2.45) is 0 Å². The minimum absolute atomic E-state index is 0.301. The van der Waals surface area contributed by atoms with Crippen LogP contribution in [0.3, 0.4) is 0 Å². The van der Waals surface area contributed by atoms with Gasteiger partial charge in [0.15, 0.2) is 6.04 Å². The lowest BCUT2D eigenvalue weighted by molar-refractivity contribution is -0.171. The molecule has 0 radical (unpaired) electrons. The molecule has 0 aromatic heterocycles. The van der Waals surface area contributed by atoms with Gasteiger partial charge in [0.1, 0.15) is 17.0 Å². The number of thioether (sulfide) groups is 1. The molecule has 0 aliphatic carbocycles. The molecule has 0 N–H and O–H groups in total. The molecule has 3 aliphatic rings. The van der Waals surface area contributed by atoms with Crippen LogP contribution in [-0.4, -0.2) is 56.5 Å². The number of esters is 1. The summed E-state index contributed by atoms with van der Waals surface area (Å²) >= 11 is 1.33. The van der Waals surface area contributed by atoms with Crippen LogP contribution < -0.4 is 0 Å². The molecule has 1 saturated heterocycles. The topological polar surface area (TPSA) is 84.0 Å². The fourth-order valence-electron chi connectivity index (χ4n) is 3.70. The number of nitrogens with zero attached hydrogens (tertiary/aromatic N) is 2. The third kappa shape index (κ3) is 2.66. The molecule has 28 heavy (non-hydrogen) atoms. The minimum Gasteiger partial charge on any atom is -0.458 e. The molecular formula is C20H20N2O5S. The van der Waals surface area contributed by atoms with E-state index in [2.05, 4.69) is 0 Å². The number of imide groups is 1. The Morgan fingerprint density at radius 2 is 1.64 bits per heavy atom. The lowest BCUT2D eigenvalue weighted by Gasteiger charge is -2.53. The Labute approximate surface area is 166 Å². The predicted octanol–water partition coefficient (Wildman–Crippen LogP) is 2.18. The van der Waals surface area contributed by atoms with Gasteiger partial charge < -0.3 is 9.64 Å². The standard InChI is InChI=1S/C20H20N2O5S/c1-10-9-28-18-14(17(25)22(18)13(10)19(26)27-20(2,3)4)21-15(23)11-7-5-6-8-12(11)16(21)24/h5-9,13-14,18H,1-4H3/t13-,14-,18-/m1/s1. The monoisotopic (exact) mass is 400 g/mol. The molecule has 4 rings (SSSR count). The molecule has 8 heteroatoms. The van der Waals surface area contributed by atoms with E-state index in [9.17, 15) is 19.2 Å². The second-order valence-corrected chi connectivity index (χ2v) is 9.03. The number of ether oxygens (including phenoxy) is 1. The highest BCUT2D eigenvalue weighted by Gasteiger charge is 2.61. The number of carbonyl (C=O) groups is 4. The third-order valence-electron chi connectivity index (χ3n) is 4.89. The summed E-state index contributed by atoms with van der Waals surface area (Å²) in [7, 11) is 0. The second-order valence-electron chi connectivity index (χ2n) is 8.04. The van der Waals surface area contributed by atoms with Crippen molar-refractivity contribution < 1.29 is 23.9 Å². The SMILES string of the molecule is CC1=CS[C@@H]2[C@H](N3C(=O)c4ccccc4C3=O)C(=O)N2[C@H]1C(=O)OC(C)(C)C. The number of hydrogen-bond donors (Lipinski definition) is 0. The number of β-lactam (4-membered cyclic amide) rings is 1. The summed E-state index contributed by atoms with van der Waals surface area (Å²) in [5, 5.41) is 1.30. The summed E-state index contributed by atoms with van der Waals surface area (Å²) in [5.41, 5.74) is 0.613. The first-order valence-electron chi connectivity index (χ1n) is 8.96. The van der Waals surface area contributed by atoms with Gasteiger partial charge in [0, 0.05) is 0 Å². The summed E-state index contributed by atoms with van der Waals surface area (Å²) in [6.07, 6.45) is 0. The van der Waals surface area contributed by atoms with Gasteiger partial charge in [-0.25, -0.2) is 4.79 Å². The van der Waals surface area contributed by atoms with E-state index < -0.39 is 46.7 Å². The van der Waals surface area contributed by atoms with Gasteiger partial charge in [-0.2, -0.15) is 0 Å². The number of hydrogen-bond acceptors (Lipinski definition) is 6. The molecule has 0 unspecified atom stereocenters. The number of amides is 3. The van der Waals surface area contributed by atoms with Gasteiger partial charge in [-0.05, 0) is 50.8 Å². The molecule has 1 aromatic carbocycles. The highest BCUT2D eigenvalue weighted by molar-refractivity contribution is 8.02. The number of rotatable bonds is 2. The van der Waals surface area contributed by atoms with E-state index >= 15 is 0 Å². The molecule has 3 heterocycles. The van der Waals surface area contributed by atoms with Gasteiger partial charge in [-0.1, -0.05) is 12.1 Å². The Morgan fingerprint density at radius 1 is 1.07 bits per heavy atom. The Bertz CT molecular complexity index is 913. The van der Waals surface area contributed by atoms with Crippen LogP contribution in [0.4, 0.5) is 0 Å². The van der Waals surface area contributed by atoms with Crippen LogP contribution >= 0.6 is 11.8 Å². The first-order chi connectivity index (χ1) is 13.1. The molecule has 3 aliphatic heterocycles. The van der Waals surface area contributed by atoms with Crippen molar-refractivity contribution in [1.29, 1.82) is 0 Å². The van der Waals surface area contributed by atoms with Crippen molar-refractivity contribution in [3.05, 3.63) is 46.4 Å². The average molecular weight is 400 g/mol. The number of fused-ring (bicyclic) bond motifs is 2. The summed E-state index contributed by atoms with van der Waals surface area (Å²) < 4.78 is 5.47. The minimum atomic E-state index is -0.924. The van der Waals surface area contributed by atoms with Crippen LogP contribution in [0.15, 0.2) is 35.2 Å². The first kappa shape index (κ1) is 18.7. The Kier molecular flexibility index (Phi) is 4.15. The van der Waals surface area contributed by atoms with Gasteiger partial charge in [-0.15, -0.1) is 11.8 Å². The highest BCUT2D eigenvalue weighted by atomic mass is 32.2. The Balaban J connectivity index is 1.62. The second kappa shape index (κ2) is 6.20. The average Bonchev–Trinajstić information content (AvgIpc) is 2.86. The molecule has 0 saturated carbocycles. The maximum atomic E-state index is 13.0. The quantitative estimate of drug-likeness (QED) is 0.430. The first-order valence-corrected chi connectivity index (χ1v) is 9.90. The predicted molar refractivity (Wildman–Crippen MR) is 102 cm³/mol. The summed E-state index contributed by atoms with van der Waals surface area (Å²) in [5.74, 6) is -1.88. The Morgan fingerprint density at radius 3 is 2.18 bits per heavy atom. The van der Waals surface area contributed by atoms with Crippen LogP contribution in [-0.2, 0) is 14.3 Å². The van der Waals surface area contributed by atoms with E-state index in [1.807, 2.05) is 0 Å². The summed E-state index contributed by atoms with van der Waals surface area (Å²) in [6, 6.07) is 4.76. The van der Waals surface area contributed by atoms with Crippen molar-refractivity contribution in [1.82, 2.24) is 9.80 Å². The summed E-state index contributed by atoms with van der Waals surface area (Å²) in [4.78, 5) is 53.6. The lowest BCUT2D eigenvalue weighted by atomic mass is 9.97. The zero-order valence-corrected chi connectivity index (χ0v) is 16.8. The molecule has 3 atom stereocenters. The van der Waals surface area contributed by atoms with Crippen LogP contribution in [0.25, 0.3) is 0 Å². The normalized spacial score (nSPS) is 26.5. The highest BCUT2D eigenvalue weighted by Crippen LogP contribution is 2.44. The fraction of sp³-hybridized carbons (Fsp3) is 0.400. The molecule has 1 fully saturated rings. The molecule has 0 bridgehead atoms. The van der Waals surface area contributed by atoms with Crippen molar-refractivity contribution in [3.8, 4) is 0 Å². The molecule has 146 valence electrons. The van der Waals surface area contributed by atoms with E-state index in [-0.39, 0.29) is 0 Å². The zero-order valence-electron chi connectivity index (χ0n) is 16.0. The van der Waals surface area contributed by atoms with E-state index in [0.717, 1.165) is 4.90 Å².